The van der Waals surface area contributed by atoms with Gasteiger partial charge in [0, 0.05) is 18.0 Å². The Balaban J connectivity index is 1.73. The molecular weight excluding hydrogens is 381 g/mol. The zero-order chi connectivity index (χ0) is 19.2. The Labute approximate surface area is 156 Å². The Morgan fingerprint density at radius 2 is 2.04 bits per heavy atom. The average molecular weight is 398 g/mol. The van der Waals surface area contributed by atoms with Gasteiger partial charge < -0.3 is 14.6 Å². The number of nitrogens with zero attached hydrogens (tertiary/aromatic N) is 6. The summed E-state index contributed by atoms with van der Waals surface area (Å²) >= 11 is 1.55. The molecule has 4 rings (SSSR count). The highest BCUT2D eigenvalue weighted by atomic mass is 32.1. The van der Waals surface area contributed by atoms with Gasteiger partial charge in [-0.15, -0.1) is 21.5 Å². The van der Waals surface area contributed by atoms with Crippen LogP contribution in [0.5, 0.6) is 0 Å². The minimum absolute atomic E-state index is 0.114. The maximum atomic E-state index is 13.0. The normalized spacial score (nSPS) is 14.8. The number of hydrogen-bond donors (Lipinski definition) is 1. The highest BCUT2D eigenvalue weighted by Crippen LogP contribution is 2.34. The van der Waals surface area contributed by atoms with E-state index in [9.17, 15) is 18.3 Å². The molecule has 0 aliphatic carbocycles. The van der Waals surface area contributed by atoms with Gasteiger partial charge in [0.1, 0.15) is 17.3 Å². The first kappa shape index (κ1) is 18.1. The number of fused-ring (bicyclic) bond motifs is 2. The maximum absolute atomic E-state index is 13.0. The number of aromatic nitrogens is 5. The van der Waals surface area contributed by atoms with Gasteiger partial charge in [0.2, 0.25) is 5.82 Å². The van der Waals surface area contributed by atoms with Crippen molar-refractivity contribution in [2.24, 2.45) is 0 Å². The van der Waals surface area contributed by atoms with Crippen LogP contribution in [0.4, 0.5) is 19.0 Å². The largest absolute Gasteiger partial charge is 0.451 e. The Morgan fingerprint density at radius 3 is 2.74 bits per heavy atom. The van der Waals surface area contributed by atoms with Crippen LogP contribution in [0.15, 0.2) is 6.07 Å². The fourth-order valence-electron chi connectivity index (χ4n) is 3.23. The van der Waals surface area contributed by atoms with E-state index in [1.807, 2.05) is 11.0 Å². The molecule has 0 spiro atoms. The molecule has 0 saturated carbocycles. The molecule has 3 aromatic rings. The second kappa shape index (κ2) is 6.71. The lowest BCUT2D eigenvalue weighted by molar-refractivity contribution is -0.147. The van der Waals surface area contributed by atoms with E-state index in [0.717, 1.165) is 32.5 Å². The zero-order valence-corrected chi connectivity index (χ0v) is 15.3. The third-order valence-corrected chi connectivity index (χ3v) is 5.50. The van der Waals surface area contributed by atoms with E-state index >= 15 is 0 Å². The van der Waals surface area contributed by atoms with Crippen LogP contribution >= 0.6 is 11.3 Å². The van der Waals surface area contributed by atoms with Crippen molar-refractivity contribution in [1.29, 1.82) is 0 Å². The van der Waals surface area contributed by atoms with Gasteiger partial charge in [-0.25, -0.2) is 9.97 Å². The van der Waals surface area contributed by atoms with Gasteiger partial charge in [0.15, 0.2) is 11.6 Å². The first-order chi connectivity index (χ1) is 12.9. The number of thiophene rings is 1. The van der Waals surface area contributed by atoms with Gasteiger partial charge in [-0.3, -0.25) is 0 Å². The van der Waals surface area contributed by atoms with E-state index in [0.29, 0.717) is 18.2 Å². The molecule has 27 heavy (non-hydrogen) atoms. The van der Waals surface area contributed by atoms with Gasteiger partial charge in [-0.05, 0) is 12.5 Å². The molecule has 1 aliphatic heterocycles. The molecular formula is C16H17F3N6OS. The van der Waals surface area contributed by atoms with Crippen molar-refractivity contribution in [3.8, 4) is 0 Å². The second-order valence-corrected chi connectivity index (χ2v) is 7.43. The Morgan fingerprint density at radius 1 is 1.22 bits per heavy atom. The molecule has 0 amide bonds. The van der Waals surface area contributed by atoms with Crippen LogP contribution < -0.4 is 4.90 Å². The van der Waals surface area contributed by atoms with Gasteiger partial charge >= 0.3 is 6.18 Å². The first-order valence-corrected chi connectivity index (χ1v) is 9.36. The lowest BCUT2D eigenvalue weighted by atomic mass is 10.2. The Bertz CT molecular complexity index is 983. The Kier molecular flexibility index (Phi) is 4.50. The molecule has 144 valence electrons. The number of aliphatic hydroxyl groups is 1. The molecule has 4 heterocycles. The summed E-state index contributed by atoms with van der Waals surface area (Å²) in [7, 11) is 0. The highest BCUT2D eigenvalue weighted by molar-refractivity contribution is 7.18. The van der Waals surface area contributed by atoms with Gasteiger partial charge in [-0.2, -0.15) is 13.2 Å². The summed E-state index contributed by atoms with van der Waals surface area (Å²) < 4.78 is 40.2. The molecule has 0 unspecified atom stereocenters. The van der Waals surface area contributed by atoms with E-state index in [1.54, 1.807) is 11.3 Å². The molecule has 1 N–H and O–H groups in total. The van der Waals surface area contributed by atoms with Crippen LogP contribution in [0, 0.1) is 0 Å². The predicted octanol–water partition coefficient (Wildman–Crippen LogP) is 2.77. The zero-order valence-electron chi connectivity index (χ0n) is 14.5. The molecule has 0 bridgehead atoms. The standard InChI is InChI=1S/C16H17F3N6OS/c1-2-3-9-6-10-13(20-11(8-26)21-14(10)27-9)24-4-5-25-12(7-24)22-23-15(25)16(17,18)19/h6,26H,2-5,7-8H2,1H3. The number of aryl methyl sites for hydroxylation is 1. The lowest BCUT2D eigenvalue weighted by Gasteiger charge is -2.29. The van der Waals surface area contributed by atoms with Gasteiger partial charge in [-0.1, -0.05) is 13.3 Å². The Hall–Kier alpha value is -2.27. The van der Waals surface area contributed by atoms with Crippen molar-refractivity contribution >= 4 is 27.4 Å². The molecule has 7 nitrogen and oxygen atoms in total. The topological polar surface area (TPSA) is 80.0 Å². The number of rotatable bonds is 4. The third kappa shape index (κ3) is 3.25. The molecule has 0 saturated heterocycles. The number of halogens is 3. The van der Waals surface area contributed by atoms with Crippen LogP contribution in [0.25, 0.3) is 10.2 Å². The summed E-state index contributed by atoms with van der Waals surface area (Å²) in [5.74, 6) is 0.188. The van der Waals surface area contributed by atoms with E-state index in [1.165, 1.54) is 0 Å². The van der Waals surface area contributed by atoms with E-state index in [4.69, 9.17) is 0 Å². The van der Waals surface area contributed by atoms with Crippen LogP contribution in [-0.4, -0.2) is 36.4 Å². The average Bonchev–Trinajstić information content (AvgIpc) is 3.23. The molecule has 0 atom stereocenters. The summed E-state index contributed by atoms with van der Waals surface area (Å²) in [4.78, 5) is 12.6. The maximum Gasteiger partial charge on any atom is 0.451 e. The van der Waals surface area contributed by atoms with Crippen LogP contribution in [0.1, 0.15) is 35.7 Å². The molecule has 0 aromatic carbocycles. The SMILES string of the molecule is CCCc1cc2c(N3CCn4c(nnc4C(F)(F)F)C3)nc(CO)nc2s1. The lowest BCUT2D eigenvalue weighted by Crippen LogP contribution is -2.36. The third-order valence-electron chi connectivity index (χ3n) is 4.41. The first-order valence-electron chi connectivity index (χ1n) is 8.55. The van der Waals surface area contributed by atoms with Gasteiger partial charge in [0.25, 0.3) is 0 Å². The summed E-state index contributed by atoms with van der Waals surface area (Å²) in [5, 5.41) is 17.4. The summed E-state index contributed by atoms with van der Waals surface area (Å²) in [6.45, 7) is 2.41. The van der Waals surface area contributed by atoms with E-state index in [2.05, 4.69) is 27.1 Å². The smallest absolute Gasteiger partial charge is 0.388 e. The van der Waals surface area contributed by atoms with E-state index in [-0.39, 0.29) is 25.5 Å². The van der Waals surface area contributed by atoms with Crippen LogP contribution in [0.2, 0.25) is 0 Å². The minimum Gasteiger partial charge on any atom is -0.388 e. The van der Waals surface area contributed by atoms with E-state index < -0.39 is 12.0 Å². The monoisotopic (exact) mass is 398 g/mol. The van der Waals surface area contributed by atoms with Crippen LogP contribution in [0.3, 0.4) is 0 Å². The summed E-state index contributed by atoms with van der Waals surface area (Å²) in [5.41, 5.74) is 0. The second-order valence-electron chi connectivity index (χ2n) is 6.31. The number of hydrogen-bond acceptors (Lipinski definition) is 7. The molecule has 0 radical (unpaired) electrons. The highest BCUT2D eigenvalue weighted by Gasteiger charge is 2.39. The van der Waals surface area contributed by atoms with Gasteiger partial charge in [0.05, 0.1) is 11.9 Å². The minimum atomic E-state index is -4.53. The molecule has 0 fully saturated rings. The quantitative estimate of drug-likeness (QED) is 0.728. The predicted molar refractivity (Wildman–Crippen MR) is 93.4 cm³/mol. The van der Waals surface area contributed by atoms with Crippen molar-refractivity contribution in [2.75, 3.05) is 11.4 Å². The summed E-state index contributed by atoms with van der Waals surface area (Å²) in [6, 6.07) is 2.03. The molecule has 11 heteroatoms. The van der Waals surface area contributed by atoms with Crippen molar-refractivity contribution in [1.82, 2.24) is 24.7 Å². The van der Waals surface area contributed by atoms with Crippen molar-refractivity contribution < 1.29 is 18.3 Å². The van der Waals surface area contributed by atoms with Crippen molar-refractivity contribution in [3.63, 3.8) is 0 Å². The van der Waals surface area contributed by atoms with Crippen molar-refractivity contribution in [3.05, 3.63) is 28.4 Å². The number of anilines is 1. The molecule has 3 aromatic heterocycles. The fraction of sp³-hybridized carbons (Fsp3) is 0.500. The molecule has 1 aliphatic rings. The number of aliphatic hydroxyl groups excluding tert-OH is 1. The summed E-state index contributed by atoms with van der Waals surface area (Å²) in [6.07, 6.45) is -2.62. The number of alkyl halides is 3. The fourth-order valence-corrected chi connectivity index (χ4v) is 4.37. The van der Waals surface area contributed by atoms with Crippen LogP contribution in [-0.2, 0) is 32.3 Å². The van der Waals surface area contributed by atoms with Crippen molar-refractivity contribution in [2.45, 2.75) is 45.6 Å².